The summed E-state index contributed by atoms with van der Waals surface area (Å²) in [7, 11) is 1.55. The minimum Gasteiger partial charge on any atom is -0.504 e. The summed E-state index contributed by atoms with van der Waals surface area (Å²) >= 11 is 0. The molecule has 0 radical (unpaired) electrons. The van der Waals surface area contributed by atoms with Crippen molar-refractivity contribution in [2.45, 2.75) is 31.5 Å². The van der Waals surface area contributed by atoms with Crippen LogP contribution >= 0.6 is 0 Å². The van der Waals surface area contributed by atoms with E-state index in [0.717, 1.165) is 44.4 Å². The molecule has 0 bridgehead atoms. The Balaban J connectivity index is 1.44. The summed E-state index contributed by atoms with van der Waals surface area (Å²) in [4.78, 5) is 2.55. The fraction of sp³-hybridized carbons (Fsp3) is 0.625. The summed E-state index contributed by atoms with van der Waals surface area (Å²) in [6, 6.07) is 6.31. The first-order valence-corrected chi connectivity index (χ1v) is 7.68. The summed E-state index contributed by atoms with van der Waals surface area (Å²) in [5, 5.41) is 13.2. The summed E-state index contributed by atoms with van der Waals surface area (Å²) in [6.45, 7) is 4.52. The van der Waals surface area contributed by atoms with Crippen molar-refractivity contribution in [3.63, 3.8) is 0 Å². The zero-order valence-corrected chi connectivity index (χ0v) is 12.5. The van der Waals surface area contributed by atoms with Gasteiger partial charge in [0.15, 0.2) is 11.5 Å². The zero-order valence-electron chi connectivity index (χ0n) is 12.5. The third-order valence-electron chi connectivity index (χ3n) is 4.18. The van der Waals surface area contributed by atoms with Gasteiger partial charge in [-0.15, -0.1) is 0 Å². The van der Waals surface area contributed by atoms with Gasteiger partial charge in [0.2, 0.25) is 0 Å². The summed E-state index contributed by atoms with van der Waals surface area (Å²) in [5.41, 5.74) is 1.04. The molecule has 2 N–H and O–H groups in total. The van der Waals surface area contributed by atoms with Crippen LogP contribution in [0.2, 0.25) is 0 Å². The Morgan fingerprint density at radius 1 is 1.43 bits per heavy atom. The van der Waals surface area contributed by atoms with Crippen LogP contribution in [0.5, 0.6) is 11.5 Å². The molecule has 2 aliphatic rings. The summed E-state index contributed by atoms with van der Waals surface area (Å²) < 4.78 is 10.9. The molecule has 1 atom stereocenters. The molecule has 1 aliphatic heterocycles. The lowest BCUT2D eigenvalue weighted by Crippen LogP contribution is -2.47. The van der Waals surface area contributed by atoms with Crippen LogP contribution in [0.25, 0.3) is 0 Å². The molecule has 1 saturated carbocycles. The average molecular weight is 292 g/mol. The summed E-state index contributed by atoms with van der Waals surface area (Å²) in [5.74, 6) is 0.695. The number of ether oxygens (including phenoxy) is 2. The molecule has 0 amide bonds. The highest BCUT2D eigenvalue weighted by Gasteiger charge is 2.32. The number of hydrogen-bond donors (Lipinski definition) is 2. The highest BCUT2D eigenvalue weighted by Crippen LogP contribution is 2.28. The largest absolute Gasteiger partial charge is 0.504 e. The lowest BCUT2D eigenvalue weighted by Gasteiger charge is -2.33. The molecule has 116 valence electrons. The fourth-order valence-electron chi connectivity index (χ4n) is 2.86. The Morgan fingerprint density at radius 3 is 3.00 bits per heavy atom. The van der Waals surface area contributed by atoms with E-state index < -0.39 is 0 Å². The molecule has 0 aromatic heterocycles. The van der Waals surface area contributed by atoms with Crippen LogP contribution in [0.1, 0.15) is 18.4 Å². The average Bonchev–Trinajstić information content (AvgIpc) is 3.32. The number of morpholine rings is 1. The van der Waals surface area contributed by atoms with E-state index in [4.69, 9.17) is 9.47 Å². The van der Waals surface area contributed by atoms with Crippen LogP contribution in [0.15, 0.2) is 18.2 Å². The highest BCUT2D eigenvalue weighted by molar-refractivity contribution is 5.41. The third kappa shape index (κ3) is 3.87. The van der Waals surface area contributed by atoms with Crippen LogP contribution in [0.4, 0.5) is 0 Å². The maximum atomic E-state index is 9.76. The molecular formula is C16H24N2O3. The van der Waals surface area contributed by atoms with Crippen LogP contribution < -0.4 is 10.1 Å². The van der Waals surface area contributed by atoms with E-state index in [9.17, 15) is 5.11 Å². The van der Waals surface area contributed by atoms with Crippen LogP contribution in [-0.4, -0.2) is 55.5 Å². The van der Waals surface area contributed by atoms with E-state index in [-0.39, 0.29) is 11.9 Å². The molecule has 5 nitrogen and oxygen atoms in total. The summed E-state index contributed by atoms with van der Waals surface area (Å²) in [6.07, 6.45) is 2.97. The first-order valence-electron chi connectivity index (χ1n) is 7.68. The molecule has 0 spiro atoms. The second-order valence-corrected chi connectivity index (χ2v) is 5.86. The van der Waals surface area contributed by atoms with Crippen molar-refractivity contribution in [1.29, 1.82) is 0 Å². The first kappa shape index (κ1) is 14.6. The molecule has 3 rings (SSSR count). The molecule has 21 heavy (non-hydrogen) atoms. The van der Waals surface area contributed by atoms with Crippen molar-refractivity contribution in [3.05, 3.63) is 23.8 Å². The number of aromatic hydroxyl groups is 1. The van der Waals surface area contributed by atoms with Gasteiger partial charge in [-0.1, -0.05) is 6.07 Å². The van der Waals surface area contributed by atoms with Crippen LogP contribution in [0.3, 0.4) is 0 Å². The predicted octanol–water partition coefficient (Wildman–Crippen LogP) is 1.35. The Morgan fingerprint density at radius 2 is 2.29 bits per heavy atom. The number of phenolic OH excluding ortho intramolecular Hbond substituents is 1. The Kier molecular flexibility index (Phi) is 4.63. The maximum absolute atomic E-state index is 9.76. The lowest BCUT2D eigenvalue weighted by atomic mass is 10.2. The Bertz CT molecular complexity index is 477. The number of methoxy groups -OCH3 is 1. The predicted molar refractivity (Wildman–Crippen MR) is 80.7 cm³/mol. The van der Waals surface area contributed by atoms with Gasteiger partial charge in [-0.2, -0.15) is 0 Å². The fourth-order valence-corrected chi connectivity index (χ4v) is 2.86. The van der Waals surface area contributed by atoms with E-state index in [1.165, 1.54) is 12.8 Å². The van der Waals surface area contributed by atoms with Crippen molar-refractivity contribution in [1.82, 2.24) is 10.2 Å². The van der Waals surface area contributed by atoms with Crippen LogP contribution in [-0.2, 0) is 11.3 Å². The number of rotatable bonds is 6. The van der Waals surface area contributed by atoms with Crippen molar-refractivity contribution in [3.8, 4) is 11.5 Å². The standard InChI is InChI=1S/C16H24N2O3/c1-20-16-5-2-12(8-15(16)19)9-17-10-14-11-18(6-7-21-14)13-3-4-13/h2,5,8,13-14,17,19H,3-4,6-7,9-11H2,1H3. The number of phenols is 1. The molecule has 1 aromatic carbocycles. The van der Waals surface area contributed by atoms with Crippen molar-refractivity contribution >= 4 is 0 Å². The maximum Gasteiger partial charge on any atom is 0.160 e. The smallest absolute Gasteiger partial charge is 0.160 e. The van der Waals surface area contributed by atoms with Gasteiger partial charge in [0.25, 0.3) is 0 Å². The van der Waals surface area contributed by atoms with E-state index in [1.54, 1.807) is 19.2 Å². The molecule has 1 aliphatic carbocycles. The number of benzene rings is 1. The molecule has 5 heteroatoms. The second kappa shape index (κ2) is 6.64. The van der Waals surface area contributed by atoms with Crippen molar-refractivity contribution in [2.24, 2.45) is 0 Å². The molecule has 1 aromatic rings. The molecule has 2 fully saturated rings. The van der Waals surface area contributed by atoms with E-state index in [2.05, 4.69) is 10.2 Å². The number of hydrogen-bond acceptors (Lipinski definition) is 5. The minimum absolute atomic E-state index is 0.186. The first-order chi connectivity index (χ1) is 10.3. The number of nitrogens with one attached hydrogen (secondary N) is 1. The Hall–Kier alpha value is -1.30. The molecular weight excluding hydrogens is 268 g/mol. The van der Waals surface area contributed by atoms with Crippen molar-refractivity contribution in [2.75, 3.05) is 33.4 Å². The number of nitrogens with zero attached hydrogens (tertiary/aromatic N) is 1. The van der Waals surface area contributed by atoms with Gasteiger partial charge < -0.3 is 19.9 Å². The molecule has 1 unspecified atom stereocenters. The van der Waals surface area contributed by atoms with Crippen LogP contribution in [0, 0.1) is 0 Å². The zero-order chi connectivity index (χ0) is 14.7. The SMILES string of the molecule is COc1ccc(CNCC2CN(C3CC3)CCO2)cc1O. The van der Waals surface area contributed by atoms with Gasteiger partial charge in [0.1, 0.15) is 0 Å². The minimum atomic E-state index is 0.186. The monoisotopic (exact) mass is 292 g/mol. The normalized spacial score (nSPS) is 23.2. The van der Waals surface area contributed by atoms with Gasteiger partial charge in [-0.3, -0.25) is 4.90 Å². The van der Waals surface area contributed by atoms with Gasteiger partial charge in [0, 0.05) is 32.2 Å². The van der Waals surface area contributed by atoms with Gasteiger partial charge in [-0.05, 0) is 30.5 Å². The Labute approximate surface area is 125 Å². The van der Waals surface area contributed by atoms with E-state index in [0.29, 0.717) is 5.75 Å². The van der Waals surface area contributed by atoms with Crippen molar-refractivity contribution < 1.29 is 14.6 Å². The lowest BCUT2D eigenvalue weighted by molar-refractivity contribution is -0.0301. The quantitative estimate of drug-likeness (QED) is 0.829. The van der Waals surface area contributed by atoms with Gasteiger partial charge in [-0.25, -0.2) is 0 Å². The van der Waals surface area contributed by atoms with Gasteiger partial charge in [0.05, 0.1) is 19.8 Å². The van der Waals surface area contributed by atoms with E-state index >= 15 is 0 Å². The molecule has 1 saturated heterocycles. The van der Waals surface area contributed by atoms with E-state index in [1.807, 2.05) is 6.07 Å². The second-order valence-electron chi connectivity index (χ2n) is 5.86. The third-order valence-corrected chi connectivity index (χ3v) is 4.18. The highest BCUT2D eigenvalue weighted by atomic mass is 16.5. The molecule has 1 heterocycles. The van der Waals surface area contributed by atoms with Gasteiger partial charge >= 0.3 is 0 Å². The topological polar surface area (TPSA) is 54.0 Å².